The van der Waals surface area contributed by atoms with Crippen LogP contribution in [-0.4, -0.2) is 46.4 Å². The largest absolute Gasteiger partial charge is 0.450 e. The van der Waals surface area contributed by atoms with Gasteiger partial charge in [0.1, 0.15) is 0 Å². The molecule has 1 aromatic rings. The Morgan fingerprint density at radius 2 is 1.79 bits per heavy atom. The van der Waals surface area contributed by atoms with Gasteiger partial charge in [-0.1, -0.05) is 0 Å². The number of hydrogen-bond acceptors (Lipinski definition) is 3. The van der Waals surface area contributed by atoms with Crippen molar-refractivity contribution >= 4 is 6.09 Å². The molecule has 1 heterocycles. The fourth-order valence-electron chi connectivity index (χ4n) is 1.59. The molecule has 1 aromatic heterocycles. The lowest BCUT2D eigenvalue weighted by molar-refractivity contribution is -0.349. The summed E-state index contributed by atoms with van der Waals surface area (Å²) in [5.41, 5.74) is 0. The maximum atomic E-state index is 14.0. The Morgan fingerprint density at radius 1 is 1.21 bits per heavy atom. The van der Waals surface area contributed by atoms with Gasteiger partial charge < -0.3 is 9.30 Å². The molecule has 0 aliphatic carbocycles. The number of carbonyl (C=O) groups excluding carboxylic acids is 1. The molecule has 13 heteroatoms. The topological polar surface area (TPSA) is 56.1 Å². The minimum absolute atomic E-state index is 0.145. The number of imidazole rings is 1. The monoisotopic (exact) mass is 369 g/mol. The number of hydrogen-bond donors (Lipinski definition) is 1. The molecule has 0 bridgehead atoms. The first-order valence-electron chi connectivity index (χ1n) is 6.21. The van der Waals surface area contributed by atoms with Crippen molar-refractivity contribution in [3.63, 3.8) is 0 Å². The second-order valence-corrected chi connectivity index (χ2v) is 4.40. The summed E-state index contributed by atoms with van der Waals surface area (Å²) in [6.45, 7) is 0.904. The van der Waals surface area contributed by atoms with Crippen LogP contribution in [0.4, 0.5) is 39.9 Å². The fourth-order valence-corrected chi connectivity index (χ4v) is 1.59. The zero-order valence-electron chi connectivity index (χ0n) is 11.8. The van der Waals surface area contributed by atoms with Crippen LogP contribution in [0.1, 0.15) is 13.1 Å². The molecule has 1 rings (SSSR count). The zero-order chi connectivity index (χ0) is 18.8. The van der Waals surface area contributed by atoms with Crippen molar-refractivity contribution in [3.8, 4) is 0 Å². The molecular weight excluding hydrogens is 358 g/mol. The van der Waals surface area contributed by atoms with Crippen LogP contribution in [-0.2, 0) is 4.74 Å². The minimum Gasteiger partial charge on any atom is -0.450 e. The van der Waals surface area contributed by atoms with Crippen LogP contribution < -0.4 is 5.32 Å². The molecule has 0 aliphatic heterocycles. The van der Waals surface area contributed by atoms with Crippen molar-refractivity contribution in [2.75, 3.05) is 6.61 Å². The van der Waals surface area contributed by atoms with Gasteiger partial charge in [0, 0.05) is 12.4 Å². The number of nitrogens with one attached hydrogen (secondary N) is 1. The van der Waals surface area contributed by atoms with E-state index < -0.39 is 36.5 Å². The Balaban J connectivity index is 3.31. The number of alkyl carbamates (subject to hydrolysis) is 1. The molecule has 1 N–H and O–H groups in total. The Bertz CT molecular complexity index is 549. The predicted octanol–water partition coefficient (Wildman–Crippen LogP) is 3.30. The third-order valence-corrected chi connectivity index (χ3v) is 2.81. The van der Waals surface area contributed by atoms with E-state index in [0.29, 0.717) is 12.5 Å². The Labute approximate surface area is 129 Å². The number of ether oxygens (including phenoxy) is 1. The second-order valence-electron chi connectivity index (χ2n) is 4.40. The molecule has 5 nitrogen and oxygen atoms in total. The SMILES string of the molecule is CCOC(=O)N[C@H](n1ccnc1)C(F)(F)C(F)(F)C(F)(F)C(F)F. The van der Waals surface area contributed by atoms with E-state index in [4.69, 9.17) is 0 Å². The van der Waals surface area contributed by atoms with E-state index in [-0.39, 0.29) is 11.2 Å². The standard InChI is InChI=1S/C11H11F8N3O2/c1-2-24-8(23)21-7(22-4-3-20-5-22)10(16,17)11(18,19)9(14,15)6(12)13/h3-7H,2H2,1H3,(H,21,23)/t7-/m1/s1. The highest BCUT2D eigenvalue weighted by molar-refractivity contribution is 5.67. The van der Waals surface area contributed by atoms with Crippen molar-refractivity contribution < 1.29 is 44.7 Å². The lowest BCUT2D eigenvalue weighted by Crippen LogP contribution is -2.63. The summed E-state index contributed by atoms with van der Waals surface area (Å²) in [5.74, 6) is -18.7. The summed E-state index contributed by atoms with van der Waals surface area (Å²) in [6, 6.07) is 0. The van der Waals surface area contributed by atoms with E-state index in [1.54, 1.807) is 0 Å². The summed E-state index contributed by atoms with van der Waals surface area (Å²) >= 11 is 0. The quantitative estimate of drug-likeness (QED) is 0.751. The van der Waals surface area contributed by atoms with Crippen molar-refractivity contribution in [1.29, 1.82) is 0 Å². The number of carbonyl (C=O) groups is 1. The Hall–Kier alpha value is -2.08. The first-order chi connectivity index (χ1) is 10.9. The van der Waals surface area contributed by atoms with Crippen LogP contribution >= 0.6 is 0 Å². The molecule has 0 unspecified atom stereocenters. The van der Waals surface area contributed by atoms with E-state index in [1.165, 1.54) is 12.2 Å². The zero-order valence-corrected chi connectivity index (χ0v) is 11.8. The van der Waals surface area contributed by atoms with Gasteiger partial charge in [-0.05, 0) is 6.92 Å². The number of nitrogens with zero attached hydrogens (tertiary/aromatic N) is 2. The minimum atomic E-state index is -6.50. The van der Waals surface area contributed by atoms with Gasteiger partial charge in [-0.25, -0.2) is 18.6 Å². The number of rotatable bonds is 7. The second kappa shape index (κ2) is 6.81. The maximum absolute atomic E-state index is 14.0. The summed E-state index contributed by atoms with van der Waals surface area (Å²) < 4.78 is 110. The lowest BCUT2D eigenvalue weighted by atomic mass is 10.0. The normalized spacial score (nSPS) is 14.6. The van der Waals surface area contributed by atoms with Gasteiger partial charge in [0.05, 0.1) is 12.9 Å². The predicted molar refractivity (Wildman–Crippen MR) is 62.3 cm³/mol. The molecule has 24 heavy (non-hydrogen) atoms. The van der Waals surface area contributed by atoms with Crippen LogP contribution in [0.15, 0.2) is 18.7 Å². The highest BCUT2D eigenvalue weighted by Gasteiger charge is 2.78. The summed E-state index contributed by atoms with van der Waals surface area (Å²) in [5, 5.41) is 1.23. The maximum Gasteiger partial charge on any atom is 0.408 e. The molecule has 0 saturated carbocycles. The van der Waals surface area contributed by atoms with E-state index >= 15 is 0 Å². The Kier molecular flexibility index (Phi) is 5.66. The van der Waals surface area contributed by atoms with Gasteiger partial charge in [-0.15, -0.1) is 0 Å². The third-order valence-electron chi connectivity index (χ3n) is 2.81. The molecule has 0 aromatic carbocycles. The van der Waals surface area contributed by atoms with Crippen LogP contribution in [0.2, 0.25) is 0 Å². The number of alkyl halides is 8. The highest BCUT2D eigenvalue weighted by Crippen LogP contribution is 2.52. The average Bonchev–Trinajstić information content (AvgIpc) is 2.98. The smallest absolute Gasteiger partial charge is 0.408 e. The molecular formula is C11H11F8N3O2. The first-order valence-corrected chi connectivity index (χ1v) is 6.21. The van der Waals surface area contributed by atoms with E-state index in [2.05, 4.69) is 9.72 Å². The number of amides is 1. The average molecular weight is 369 g/mol. The van der Waals surface area contributed by atoms with Gasteiger partial charge in [-0.2, -0.15) is 26.3 Å². The van der Waals surface area contributed by atoms with Gasteiger partial charge in [-0.3, -0.25) is 5.32 Å². The number of halogens is 8. The van der Waals surface area contributed by atoms with Crippen LogP contribution in [0.25, 0.3) is 0 Å². The van der Waals surface area contributed by atoms with Gasteiger partial charge in [0.25, 0.3) is 0 Å². The van der Waals surface area contributed by atoms with Crippen LogP contribution in [0.3, 0.4) is 0 Å². The molecule has 0 saturated heterocycles. The van der Waals surface area contributed by atoms with Crippen molar-refractivity contribution in [3.05, 3.63) is 18.7 Å². The molecule has 0 aliphatic rings. The third kappa shape index (κ3) is 3.38. The molecule has 1 amide bonds. The van der Waals surface area contributed by atoms with Crippen molar-refractivity contribution in [2.45, 2.75) is 37.3 Å². The van der Waals surface area contributed by atoms with E-state index in [0.717, 1.165) is 6.20 Å². The fraction of sp³-hybridized carbons (Fsp3) is 0.636. The molecule has 0 fully saturated rings. The summed E-state index contributed by atoms with van der Waals surface area (Å²) in [6.07, 6.45) is -7.91. The lowest BCUT2D eigenvalue weighted by Gasteiger charge is -2.37. The van der Waals surface area contributed by atoms with Gasteiger partial charge in [0.15, 0.2) is 6.17 Å². The van der Waals surface area contributed by atoms with E-state index in [9.17, 15) is 39.9 Å². The van der Waals surface area contributed by atoms with E-state index in [1.807, 2.05) is 0 Å². The van der Waals surface area contributed by atoms with Crippen LogP contribution in [0, 0.1) is 0 Å². The van der Waals surface area contributed by atoms with Crippen molar-refractivity contribution in [2.24, 2.45) is 0 Å². The molecule has 1 atom stereocenters. The summed E-state index contributed by atoms with van der Waals surface area (Å²) in [4.78, 5) is 14.5. The summed E-state index contributed by atoms with van der Waals surface area (Å²) in [7, 11) is 0. The van der Waals surface area contributed by atoms with Gasteiger partial charge in [0.2, 0.25) is 0 Å². The van der Waals surface area contributed by atoms with Crippen LogP contribution in [0.5, 0.6) is 0 Å². The molecule has 0 radical (unpaired) electrons. The number of aromatic nitrogens is 2. The van der Waals surface area contributed by atoms with Crippen molar-refractivity contribution in [1.82, 2.24) is 14.9 Å². The highest BCUT2D eigenvalue weighted by atomic mass is 19.4. The molecule has 0 spiro atoms. The van der Waals surface area contributed by atoms with Gasteiger partial charge >= 0.3 is 30.3 Å². The Morgan fingerprint density at radius 3 is 2.21 bits per heavy atom. The molecule has 138 valence electrons. The first kappa shape index (κ1) is 20.0.